The summed E-state index contributed by atoms with van der Waals surface area (Å²) >= 11 is 0. The smallest absolute Gasteiger partial charge is 0.329 e. The molecule has 0 radical (unpaired) electrons. The van der Waals surface area contributed by atoms with Crippen molar-refractivity contribution in [1.29, 1.82) is 0 Å². The van der Waals surface area contributed by atoms with Crippen LogP contribution in [-0.2, 0) is 9.59 Å². The number of amides is 1. The Hall–Kier alpha value is -1.10. The number of nitrogens with zero attached hydrogens (tertiary/aromatic N) is 1. The molecule has 102 valence electrons. The van der Waals surface area contributed by atoms with Gasteiger partial charge in [-0.05, 0) is 45.6 Å². The van der Waals surface area contributed by atoms with Crippen LogP contribution in [0.3, 0.4) is 0 Å². The zero-order valence-electron chi connectivity index (χ0n) is 10.9. The van der Waals surface area contributed by atoms with Crippen LogP contribution < -0.4 is 5.32 Å². The highest BCUT2D eigenvalue weighted by Gasteiger charge is 2.45. The van der Waals surface area contributed by atoms with E-state index in [1.165, 1.54) is 0 Å². The minimum Gasteiger partial charge on any atom is -0.480 e. The van der Waals surface area contributed by atoms with E-state index in [4.69, 9.17) is 0 Å². The Kier molecular flexibility index (Phi) is 3.90. The molecule has 2 saturated heterocycles. The molecule has 0 aromatic rings. The van der Waals surface area contributed by atoms with Crippen LogP contribution in [0.1, 0.15) is 39.0 Å². The van der Waals surface area contributed by atoms with E-state index in [0.717, 1.165) is 32.2 Å². The van der Waals surface area contributed by atoms with Crippen LogP contribution in [-0.4, -0.2) is 47.1 Å². The third-order valence-electron chi connectivity index (χ3n) is 4.26. The molecule has 0 saturated carbocycles. The summed E-state index contributed by atoms with van der Waals surface area (Å²) in [5, 5.41) is 12.6. The summed E-state index contributed by atoms with van der Waals surface area (Å²) in [4.78, 5) is 25.6. The number of nitrogens with one attached hydrogen (secondary N) is 1. The van der Waals surface area contributed by atoms with E-state index in [-0.39, 0.29) is 11.8 Å². The van der Waals surface area contributed by atoms with E-state index in [2.05, 4.69) is 5.32 Å². The topological polar surface area (TPSA) is 69.6 Å². The summed E-state index contributed by atoms with van der Waals surface area (Å²) in [5.74, 6) is -0.901. The van der Waals surface area contributed by atoms with E-state index in [1.54, 1.807) is 11.8 Å². The van der Waals surface area contributed by atoms with Gasteiger partial charge in [-0.25, -0.2) is 4.79 Å². The number of carbonyl (C=O) groups is 2. The molecule has 2 aliphatic heterocycles. The predicted octanol–water partition coefficient (Wildman–Crippen LogP) is 0.842. The van der Waals surface area contributed by atoms with Crippen LogP contribution in [0.5, 0.6) is 0 Å². The number of carbonyl (C=O) groups excluding carboxylic acids is 1. The Morgan fingerprint density at radius 2 is 2.11 bits per heavy atom. The van der Waals surface area contributed by atoms with Gasteiger partial charge < -0.3 is 15.3 Å². The molecular weight excluding hydrogens is 232 g/mol. The first-order valence-corrected chi connectivity index (χ1v) is 6.81. The van der Waals surface area contributed by atoms with Crippen LogP contribution in [0, 0.1) is 5.92 Å². The van der Waals surface area contributed by atoms with E-state index in [0.29, 0.717) is 19.5 Å². The van der Waals surface area contributed by atoms with E-state index >= 15 is 0 Å². The molecule has 1 unspecified atom stereocenters. The van der Waals surface area contributed by atoms with Gasteiger partial charge in [-0.15, -0.1) is 0 Å². The maximum Gasteiger partial charge on any atom is 0.329 e. The summed E-state index contributed by atoms with van der Waals surface area (Å²) in [5.41, 5.74) is -1.01. The fourth-order valence-electron chi connectivity index (χ4n) is 2.98. The summed E-state index contributed by atoms with van der Waals surface area (Å²) in [6.07, 6.45) is 4.23. The molecule has 0 aromatic heterocycles. The molecule has 2 aliphatic rings. The molecule has 0 aliphatic carbocycles. The van der Waals surface area contributed by atoms with Crippen LogP contribution in [0.2, 0.25) is 0 Å². The lowest BCUT2D eigenvalue weighted by atomic mass is 9.86. The van der Waals surface area contributed by atoms with Crippen LogP contribution in [0.15, 0.2) is 0 Å². The molecule has 2 fully saturated rings. The second-order valence-corrected chi connectivity index (χ2v) is 5.57. The Balaban J connectivity index is 2.13. The quantitative estimate of drug-likeness (QED) is 0.766. The summed E-state index contributed by atoms with van der Waals surface area (Å²) in [7, 11) is 0. The average Bonchev–Trinajstić information content (AvgIpc) is 2.39. The van der Waals surface area contributed by atoms with E-state index < -0.39 is 11.5 Å². The summed E-state index contributed by atoms with van der Waals surface area (Å²) in [6, 6.07) is 0. The molecule has 2 rings (SSSR count). The second kappa shape index (κ2) is 5.26. The maximum atomic E-state index is 12.5. The lowest BCUT2D eigenvalue weighted by Crippen LogP contribution is -2.59. The Morgan fingerprint density at radius 3 is 2.72 bits per heavy atom. The first-order valence-electron chi connectivity index (χ1n) is 6.81. The van der Waals surface area contributed by atoms with E-state index in [9.17, 15) is 14.7 Å². The first-order chi connectivity index (χ1) is 8.55. The maximum absolute atomic E-state index is 12.5. The second-order valence-electron chi connectivity index (χ2n) is 5.57. The number of carboxylic acid groups (broad SMARTS) is 1. The van der Waals surface area contributed by atoms with Crippen molar-refractivity contribution < 1.29 is 14.7 Å². The van der Waals surface area contributed by atoms with Gasteiger partial charge in [0.2, 0.25) is 5.91 Å². The molecule has 1 amide bonds. The highest BCUT2D eigenvalue weighted by atomic mass is 16.4. The number of carboxylic acids is 1. The molecule has 5 heteroatoms. The monoisotopic (exact) mass is 254 g/mol. The Morgan fingerprint density at radius 1 is 1.33 bits per heavy atom. The van der Waals surface area contributed by atoms with Gasteiger partial charge in [0.15, 0.2) is 0 Å². The van der Waals surface area contributed by atoms with Crippen molar-refractivity contribution in [2.45, 2.75) is 44.6 Å². The van der Waals surface area contributed by atoms with Crippen LogP contribution >= 0.6 is 0 Å². The Bertz CT molecular complexity index is 339. The van der Waals surface area contributed by atoms with Crippen molar-refractivity contribution in [3.63, 3.8) is 0 Å². The molecule has 0 spiro atoms. The van der Waals surface area contributed by atoms with Gasteiger partial charge in [0.05, 0.1) is 5.92 Å². The molecular formula is C13H22N2O3. The molecule has 0 bridgehead atoms. The zero-order chi connectivity index (χ0) is 13.2. The van der Waals surface area contributed by atoms with Crippen molar-refractivity contribution >= 4 is 11.9 Å². The van der Waals surface area contributed by atoms with Crippen molar-refractivity contribution in [1.82, 2.24) is 10.2 Å². The average molecular weight is 254 g/mol. The summed E-state index contributed by atoms with van der Waals surface area (Å²) in [6.45, 7) is 3.91. The fraction of sp³-hybridized carbons (Fsp3) is 0.846. The highest BCUT2D eigenvalue weighted by Crippen LogP contribution is 2.30. The minimum atomic E-state index is -1.01. The van der Waals surface area contributed by atoms with Gasteiger partial charge in [0.25, 0.3) is 0 Å². The summed E-state index contributed by atoms with van der Waals surface area (Å²) < 4.78 is 0. The number of piperidine rings is 2. The number of likely N-dealkylation sites (tertiary alicyclic amines) is 1. The standard InChI is InChI=1S/C13H22N2O3/c1-13(12(17)18)6-2-3-8-15(13)11(16)10-5-4-7-14-9-10/h10,14H,2-9H2,1H3,(H,17,18)/t10-,13?/m1/s1. The molecule has 2 atom stereocenters. The van der Waals surface area contributed by atoms with Crippen molar-refractivity contribution in [3.8, 4) is 0 Å². The first kappa shape index (κ1) is 13.3. The van der Waals surface area contributed by atoms with Gasteiger partial charge in [-0.2, -0.15) is 0 Å². The molecule has 5 nitrogen and oxygen atoms in total. The third kappa shape index (κ3) is 2.36. The third-order valence-corrected chi connectivity index (χ3v) is 4.26. The van der Waals surface area contributed by atoms with Crippen molar-refractivity contribution in [2.24, 2.45) is 5.92 Å². The van der Waals surface area contributed by atoms with Crippen molar-refractivity contribution in [2.75, 3.05) is 19.6 Å². The number of hydrogen-bond donors (Lipinski definition) is 2. The zero-order valence-corrected chi connectivity index (χ0v) is 10.9. The highest BCUT2D eigenvalue weighted by molar-refractivity contribution is 5.88. The number of aliphatic carboxylic acids is 1. The molecule has 18 heavy (non-hydrogen) atoms. The fourth-order valence-corrected chi connectivity index (χ4v) is 2.98. The van der Waals surface area contributed by atoms with Gasteiger partial charge >= 0.3 is 5.97 Å². The lowest BCUT2D eigenvalue weighted by molar-refractivity contribution is -0.163. The van der Waals surface area contributed by atoms with Gasteiger partial charge in [-0.1, -0.05) is 0 Å². The normalized spacial score (nSPS) is 33.2. The van der Waals surface area contributed by atoms with Gasteiger partial charge in [0, 0.05) is 13.1 Å². The van der Waals surface area contributed by atoms with Crippen molar-refractivity contribution in [3.05, 3.63) is 0 Å². The largest absolute Gasteiger partial charge is 0.480 e. The van der Waals surface area contributed by atoms with Gasteiger partial charge in [0.1, 0.15) is 5.54 Å². The Labute approximate surface area is 108 Å². The molecule has 0 aromatic carbocycles. The number of rotatable bonds is 2. The van der Waals surface area contributed by atoms with E-state index in [1.807, 2.05) is 0 Å². The van der Waals surface area contributed by atoms with Crippen LogP contribution in [0.4, 0.5) is 0 Å². The SMILES string of the molecule is CC1(C(=O)O)CCCCN1C(=O)[C@@H]1CCCNC1. The minimum absolute atomic E-state index is 0.0202. The predicted molar refractivity (Wildman–Crippen MR) is 67.2 cm³/mol. The number of hydrogen-bond acceptors (Lipinski definition) is 3. The van der Waals surface area contributed by atoms with Gasteiger partial charge in [-0.3, -0.25) is 4.79 Å². The molecule has 2 heterocycles. The molecule has 2 N–H and O–H groups in total. The lowest BCUT2D eigenvalue weighted by Gasteiger charge is -2.43. The van der Waals surface area contributed by atoms with Crippen LogP contribution in [0.25, 0.3) is 0 Å².